The SMILES string of the molecule is CCN(CCNC)C(=O)O/N=C(\C)[C@H]1CC[C@H]2[C@@H]3CC=C4C[C@@H](O)CC[C@]4(C)[C@H]3CC[C@]12C. The molecule has 7 atom stereocenters. The van der Waals surface area contributed by atoms with Gasteiger partial charge in [0.25, 0.3) is 0 Å². The third-order valence-corrected chi connectivity index (χ3v) is 10.1. The van der Waals surface area contributed by atoms with Gasteiger partial charge in [0.2, 0.25) is 0 Å². The Hall–Kier alpha value is -1.40. The first-order valence-electron chi connectivity index (χ1n) is 13.3. The number of carbonyl (C=O) groups is 1. The first-order chi connectivity index (χ1) is 15.7. The number of rotatable bonds is 6. The molecule has 4 rings (SSSR count). The van der Waals surface area contributed by atoms with Crippen LogP contribution in [-0.4, -0.2) is 54.6 Å². The summed E-state index contributed by atoms with van der Waals surface area (Å²) in [6.07, 6.45) is 11.0. The molecule has 6 nitrogen and oxygen atoms in total. The number of allylic oxidation sites excluding steroid dienone is 1. The van der Waals surface area contributed by atoms with E-state index in [1.165, 1.54) is 24.8 Å². The summed E-state index contributed by atoms with van der Waals surface area (Å²) in [6, 6.07) is 0. The lowest BCUT2D eigenvalue weighted by molar-refractivity contribution is -0.0426. The van der Waals surface area contributed by atoms with Gasteiger partial charge in [0.05, 0.1) is 11.8 Å². The van der Waals surface area contributed by atoms with Crippen molar-refractivity contribution in [2.24, 2.45) is 39.7 Å². The Labute approximate surface area is 200 Å². The van der Waals surface area contributed by atoms with Gasteiger partial charge in [-0.25, -0.2) is 4.79 Å². The standard InChI is InChI=1S/C27H45N3O3/c1-6-30(16-15-28-5)25(32)33-29-18(2)22-9-10-23-21-8-7-19-17-20(31)11-13-26(19,3)24(21)12-14-27(22,23)4/h7,20-24,28,31H,6,8-17H2,1-5H3/b29-18+/t20-,21-,22+,23-,24-,26-,27+/m0/s1. The normalized spacial score (nSPS) is 40.4. The van der Waals surface area contributed by atoms with Crippen LogP contribution in [0.5, 0.6) is 0 Å². The Morgan fingerprint density at radius 1 is 1.24 bits per heavy atom. The molecular formula is C27H45N3O3. The smallest absolute Gasteiger partial charge is 0.393 e. The van der Waals surface area contributed by atoms with E-state index < -0.39 is 0 Å². The lowest BCUT2D eigenvalue weighted by atomic mass is 9.47. The second-order valence-corrected chi connectivity index (χ2v) is 11.6. The van der Waals surface area contributed by atoms with E-state index in [0.717, 1.165) is 56.2 Å². The average molecular weight is 460 g/mol. The summed E-state index contributed by atoms with van der Waals surface area (Å²) in [5, 5.41) is 17.7. The summed E-state index contributed by atoms with van der Waals surface area (Å²) >= 11 is 0. The Kier molecular flexibility index (Phi) is 7.26. The van der Waals surface area contributed by atoms with Crippen LogP contribution in [0.15, 0.2) is 16.8 Å². The molecule has 0 radical (unpaired) electrons. The molecule has 4 aliphatic carbocycles. The van der Waals surface area contributed by atoms with Gasteiger partial charge >= 0.3 is 6.09 Å². The molecule has 0 aromatic rings. The highest BCUT2D eigenvalue weighted by Crippen LogP contribution is 2.66. The molecule has 6 heteroatoms. The van der Waals surface area contributed by atoms with Crippen LogP contribution >= 0.6 is 0 Å². The molecule has 0 aliphatic heterocycles. The number of oxime groups is 1. The first-order valence-corrected chi connectivity index (χ1v) is 13.3. The number of aliphatic hydroxyl groups excluding tert-OH is 1. The average Bonchev–Trinajstić information content (AvgIpc) is 3.15. The highest BCUT2D eigenvalue weighted by Gasteiger charge is 2.59. The maximum atomic E-state index is 12.5. The number of hydrogen-bond acceptors (Lipinski definition) is 5. The molecule has 186 valence electrons. The number of likely N-dealkylation sites (N-methyl/N-ethyl adjacent to an activating group) is 2. The van der Waals surface area contributed by atoms with Gasteiger partial charge in [-0.15, -0.1) is 0 Å². The summed E-state index contributed by atoms with van der Waals surface area (Å²) in [6.45, 7) is 11.0. The first kappa shape index (κ1) is 24.7. The van der Waals surface area contributed by atoms with Crippen molar-refractivity contribution >= 4 is 11.8 Å². The van der Waals surface area contributed by atoms with Crippen LogP contribution in [0, 0.1) is 34.5 Å². The Bertz CT molecular complexity index is 795. The topological polar surface area (TPSA) is 74.2 Å². The van der Waals surface area contributed by atoms with Gasteiger partial charge in [-0.3, -0.25) is 4.84 Å². The highest BCUT2D eigenvalue weighted by molar-refractivity contribution is 5.85. The number of nitrogens with zero attached hydrogens (tertiary/aromatic N) is 2. The van der Waals surface area contributed by atoms with E-state index in [0.29, 0.717) is 24.9 Å². The van der Waals surface area contributed by atoms with E-state index in [1.807, 2.05) is 14.0 Å². The third-order valence-electron chi connectivity index (χ3n) is 10.1. The zero-order chi connectivity index (χ0) is 23.8. The zero-order valence-corrected chi connectivity index (χ0v) is 21.4. The van der Waals surface area contributed by atoms with Crippen LogP contribution in [0.3, 0.4) is 0 Å². The zero-order valence-electron chi connectivity index (χ0n) is 21.4. The molecule has 0 bridgehead atoms. The summed E-state index contributed by atoms with van der Waals surface area (Å²) in [5.74, 6) is 2.55. The monoisotopic (exact) mass is 459 g/mol. The molecule has 0 aromatic heterocycles. The van der Waals surface area contributed by atoms with E-state index in [9.17, 15) is 9.90 Å². The number of carbonyl (C=O) groups excluding carboxylic acids is 1. The Morgan fingerprint density at radius 3 is 2.76 bits per heavy atom. The van der Waals surface area contributed by atoms with Crippen LogP contribution in [0.4, 0.5) is 4.79 Å². The third kappa shape index (κ3) is 4.38. The maximum Gasteiger partial charge on any atom is 0.436 e. The van der Waals surface area contributed by atoms with E-state index >= 15 is 0 Å². The molecule has 0 aromatic carbocycles. The van der Waals surface area contributed by atoms with Crippen molar-refractivity contribution < 1.29 is 14.7 Å². The van der Waals surface area contributed by atoms with Crippen molar-refractivity contribution in [1.29, 1.82) is 0 Å². The van der Waals surface area contributed by atoms with E-state index in [-0.39, 0.29) is 23.0 Å². The molecule has 4 aliphatic rings. The minimum absolute atomic E-state index is 0.144. The summed E-state index contributed by atoms with van der Waals surface area (Å²) in [4.78, 5) is 19.6. The van der Waals surface area contributed by atoms with E-state index in [2.05, 4.69) is 37.3 Å². The van der Waals surface area contributed by atoms with Crippen molar-refractivity contribution in [3.63, 3.8) is 0 Å². The van der Waals surface area contributed by atoms with E-state index in [4.69, 9.17) is 4.84 Å². The molecule has 0 unspecified atom stereocenters. The fraction of sp³-hybridized carbons (Fsp3) is 0.852. The van der Waals surface area contributed by atoms with Crippen molar-refractivity contribution in [2.45, 2.75) is 85.2 Å². The quantitative estimate of drug-likeness (QED) is 0.254. The Morgan fingerprint density at radius 2 is 2.03 bits per heavy atom. The van der Waals surface area contributed by atoms with Crippen molar-refractivity contribution in [3.8, 4) is 0 Å². The lowest BCUT2D eigenvalue weighted by Crippen LogP contribution is -2.50. The summed E-state index contributed by atoms with van der Waals surface area (Å²) in [7, 11) is 1.88. The molecule has 0 saturated heterocycles. The largest absolute Gasteiger partial charge is 0.436 e. The van der Waals surface area contributed by atoms with E-state index in [1.54, 1.807) is 4.90 Å². The van der Waals surface area contributed by atoms with Gasteiger partial charge in [0.1, 0.15) is 0 Å². The lowest BCUT2D eigenvalue weighted by Gasteiger charge is -2.58. The minimum Gasteiger partial charge on any atom is -0.393 e. The van der Waals surface area contributed by atoms with Gasteiger partial charge in [-0.05, 0) is 101 Å². The summed E-state index contributed by atoms with van der Waals surface area (Å²) < 4.78 is 0. The fourth-order valence-electron chi connectivity index (χ4n) is 8.19. The number of hydrogen-bond donors (Lipinski definition) is 2. The number of nitrogens with one attached hydrogen (secondary N) is 1. The highest BCUT2D eigenvalue weighted by atomic mass is 16.7. The maximum absolute atomic E-state index is 12.5. The number of amides is 1. The molecule has 1 amide bonds. The molecular weight excluding hydrogens is 414 g/mol. The molecule has 0 heterocycles. The van der Waals surface area contributed by atoms with Gasteiger partial charge in [0, 0.05) is 25.6 Å². The predicted octanol–water partition coefficient (Wildman–Crippen LogP) is 4.98. The van der Waals surface area contributed by atoms with Crippen LogP contribution in [0.2, 0.25) is 0 Å². The van der Waals surface area contributed by atoms with Crippen molar-refractivity contribution in [2.75, 3.05) is 26.7 Å². The fourth-order valence-corrected chi connectivity index (χ4v) is 8.19. The predicted molar refractivity (Wildman–Crippen MR) is 132 cm³/mol. The second-order valence-electron chi connectivity index (χ2n) is 11.6. The number of fused-ring (bicyclic) bond motifs is 5. The van der Waals surface area contributed by atoms with Gasteiger partial charge in [-0.2, -0.15) is 0 Å². The molecule has 0 spiro atoms. The van der Waals surface area contributed by atoms with Crippen LogP contribution < -0.4 is 5.32 Å². The number of aliphatic hydroxyl groups is 1. The van der Waals surface area contributed by atoms with Crippen LogP contribution in [-0.2, 0) is 4.84 Å². The van der Waals surface area contributed by atoms with Gasteiger partial charge in [0.15, 0.2) is 0 Å². The Balaban J connectivity index is 1.46. The van der Waals surface area contributed by atoms with Crippen molar-refractivity contribution in [3.05, 3.63) is 11.6 Å². The van der Waals surface area contributed by atoms with Crippen LogP contribution in [0.25, 0.3) is 0 Å². The van der Waals surface area contributed by atoms with Crippen molar-refractivity contribution in [1.82, 2.24) is 10.2 Å². The minimum atomic E-state index is -0.354. The molecule has 3 fully saturated rings. The molecule has 33 heavy (non-hydrogen) atoms. The van der Waals surface area contributed by atoms with Crippen LogP contribution in [0.1, 0.15) is 79.1 Å². The summed E-state index contributed by atoms with van der Waals surface area (Å²) in [5.41, 5.74) is 3.02. The molecule has 3 saturated carbocycles. The van der Waals surface area contributed by atoms with Gasteiger partial charge in [-0.1, -0.05) is 30.7 Å². The van der Waals surface area contributed by atoms with Gasteiger partial charge < -0.3 is 15.3 Å². The second kappa shape index (κ2) is 9.69. The molecule has 2 N–H and O–H groups in total.